The fraction of sp³-hybridized carbons (Fsp3) is 0.543. The largest absolute Gasteiger partial charge is 0.384 e. The molecule has 36 heavy (non-hydrogen) atoms. The maximum Gasteiger partial charge on any atom is 0.0491 e. The molecule has 0 fully saturated rings. The van der Waals surface area contributed by atoms with Crippen molar-refractivity contribution in [3.8, 4) is 0 Å². The van der Waals surface area contributed by atoms with E-state index in [1.165, 1.54) is 51.8 Å². The number of methoxy groups -OCH3 is 1. The van der Waals surface area contributed by atoms with Gasteiger partial charge in [-0.3, -0.25) is 0 Å². The number of rotatable bonds is 10. The second-order valence-corrected chi connectivity index (χ2v) is 9.40. The van der Waals surface area contributed by atoms with Crippen molar-refractivity contribution in [2.45, 2.75) is 108 Å². The summed E-state index contributed by atoms with van der Waals surface area (Å²) >= 11 is 0. The number of hydrogen-bond donors (Lipinski definition) is 0. The van der Waals surface area contributed by atoms with Crippen LogP contribution in [0.25, 0.3) is 5.57 Å². The quantitative estimate of drug-likeness (QED) is 0.232. The van der Waals surface area contributed by atoms with E-state index in [0.29, 0.717) is 5.92 Å². The Morgan fingerprint density at radius 2 is 1.67 bits per heavy atom. The maximum absolute atomic E-state index is 5.09. The Kier molecular flexibility index (Phi) is 22.1. The Morgan fingerprint density at radius 1 is 1.03 bits per heavy atom. The van der Waals surface area contributed by atoms with E-state index in [4.69, 9.17) is 4.74 Å². The SMILES string of the molecule is C=C(CCC)C/C(C(=C)C)=C(\C)c1ccc(C)cc1C.CC.CC.COCC(C)CC1=CCCC=C1. The van der Waals surface area contributed by atoms with E-state index in [0.717, 1.165) is 37.9 Å². The van der Waals surface area contributed by atoms with Gasteiger partial charge in [-0.05, 0) is 88.0 Å². The highest BCUT2D eigenvalue weighted by Gasteiger charge is 2.10. The molecule has 0 spiro atoms. The smallest absolute Gasteiger partial charge is 0.0491 e. The van der Waals surface area contributed by atoms with Gasteiger partial charge < -0.3 is 4.74 Å². The van der Waals surface area contributed by atoms with Gasteiger partial charge in [0.15, 0.2) is 0 Å². The van der Waals surface area contributed by atoms with Crippen LogP contribution in [0.15, 0.2) is 71.9 Å². The molecule has 0 aromatic heterocycles. The van der Waals surface area contributed by atoms with Crippen molar-refractivity contribution >= 4 is 5.57 Å². The van der Waals surface area contributed by atoms with Crippen LogP contribution >= 0.6 is 0 Å². The summed E-state index contributed by atoms with van der Waals surface area (Å²) in [4.78, 5) is 0. The van der Waals surface area contributed by atoms with Gasteiger partial charge in [0.1, 0.15) is 0 Å². The molecule has 1 aliphatic rings. The van der Waals surface area contributed by atoms with Crippen LogP contribution in [0.3, 0.4) is 0 Å². The van der Waals surface area contributed by atoms with Crippen molar-refractivity contribution in [3.63, 3.8) is 0 Å². The van der Waals surface area contributed by atoms with Gasteiger partial charge in [-0.15, -0.1) is 0 Å². The van der Waals surface area contributed by atoms with Crippen molar-refractivity contribution in [1.29, 1.82) is 0 Å². The highest BCUT2D eigenvalue weighted by molar-refractivity contribution is 5.73. The second kappa shape index (κ2) is 22.1. The zero-order chi connectivity index (χ0) is 28.1. The molecule has 1 nitrogen and oxygen atoms in total. The van der Waals surface area contributed by atoms with Gasteiger partial charge in [0.25, 0.3) is 0 Å². The molecule has 1 heteroatoms. The molecule has 0 amide bonds. The molecular weight excluding hydrogens is 436 g/mol. The van der Waals surface area contributed by atoms with Crippen LogP contribution in [-0.4, -0.2) is 13.7 Å². The molecule has 0 aliphatic heterocycles. The molecule has 0 saturated heterocycles. The monoisotopic (exact) mass is 494 g/mol. The third-order valence-electron chi connectivity index (χ3n) is 5.89. The average molecular weight is 495 g/mol. The van der Waals surface area contributed by atoms with Crippen molar-refractivity contribution in [2.75, 3.05) is 13.7 Å². The number of hydrogen-bond acceptors (Lipinski definition) is 1. The minimum Gasteiger partial charge on any atom is -0.384 e. The predicted molar refractivity (Wildman–Crippen MR) is 167 cm³/mol. The van der Waals surface area contributed by atoms with Crippen molar-refractivity contribution in [2.24, 2.45) is 5.92 Å². The lowest BCUT2D eigenvalue weighted by Gasteiger charge is -2.16. The molecule has 0 saturated carbocycles. The van der Waals surface area contributed by atoms with E-state index in [1.54, 1.807) is 7.11 Å². The molecule has 1 unspecified atom stereocenters. The number of aryl methyl sites for hydroxylation is 2. The summed E-state index contributed by atoms with van der Waals surface area (Å²) < 4.78 is 5.09. The molecule has 0 bridgehead atoms. The maximum atomic E-state index is 5.09. The van der Waals surface area contributed by atoms with Crippen molar-refractivity contribution in [3.05, 3.63) is 88.6 Å². The zero-order valence-corrected chi connectivity index (χ0v) is 25.8. The first-order valence-corrected chi connectivity index (χ1v) is 14.1. The van der Waals surface area contributed by atoms with E-state index < -0.39 is 0 Å². The minimum atomic E-state index is 0.643. The Bertz CT molecular complexity index is 847. The molecule has 204 valence electrons. The second-order valence-electron chi connectivity index (χ2n) is 9.40. The van der Waals surface area contributed by atoms with Crippen molar-refractivity contribution < 1.29 is 4.74 Å². The van der Waals surface area contributed by atoms with Crippen LogP contribution in [0.2, 0.25) is 0 Å². The molecule has 1 aromatic carbocycles. The Hall–Kier alpha value is -2.12. The molecular formula is C35H58O. The van der Waals surface area contributed by atoms with E-state index in [1.807, 2.05) is 27.7 Å². The standard InChI is InChI=1S/C20H28.C11H18O.2C2H6/c1-8-9-15(4)13-20(14(2)3)18(7)19-11-10-16(5)12-17(19)6;1-10(9-12-2)8-11-6-4-3-5-7-11;2*1-2/h10-12H,2,4,8-9,13H2,1,3,5-7H3;4,6-7,10H,3,5,8-9H2,1-2H3;2*1-2H3/b20-18-;;;. The van der Waals surface area contributed by atoms with E-state index in [2.05, 4.69) is 91.1 Å². The van der Waals surface area contributed by atoms with Crippen LogP contribution in [0.4, 0.5) is 0 Å². The summed E-state index contributed by atoms with van der Waals surface area (Å²) in [5, 5.41) is 0. The first-order chi connectivity index (χ1) is 17.2. The van der Waals surface area contributed by atoms with Gasteiger partial charge in [-0.2, -0.15) is 0 Å². The van der Waals surface area contributed by atoms with Crippen LogP contribution in [0.5, 0.6) is 0 Å². The number of allylic oxidation sites excluding steroid dienone is 8. The van der Waals surface area contributed by atoms with Gasteiger partial charge >= 0.3 is 0 Å². The van der Waals surface area contributed by atoms with Crippen LogP contribution in [0, 0.1) is 19.8 Å². The molecule has 1 aliphatic carbocycles. The first-order valence-electron chi connectivity index (χ1n) is 14.1. The van der Waals surface area contributed by atoms with E-state index in [-0.39, 0.29) is 0 Å². The van der Waals surface area contributed by atoms with E-state index >= 15 is 0 Å². The third-order valence-corrected chi connectivity index (χ3v) is 5.89. The third kappa shape index (κ3) is 15.1. The van der Waals surface area contributed by atoms with Gasteiger partial charge in [-0.25, -0.2) is 0 Å². The summed E-state index contributed by atoms with van der Waals surface area (Å²) in [6.07, 6.45) is 13.6. The predicted octanol–water partition coefficient (Wildman–Crippen LogP) is 11.4. The van der Waals surface area contributed by atoms with Gasteiger partial charge in [0, 0.05) is 13.7 Å². The highest BCUT2D eigenvalue weighted by Crippen LogP contribution is 2.30. The average Bonchev–Trinajstić information content (AvgIpc) is 2.86. The Labute approximate surface area is 226 Å². The zero-order valence-electron chi connectivity index (χ0n) is 25.8. The molecule has 0 heterocycles. The lowest BCUT2D eigenvalue weighted by atomic mass is 9.89. The van der Waals surface area contributed by atoms with Crippen molar-refractivity contribution in [1.82, 2.24) is 0 Å². The number of benzene rings is 1. The Morgan fingerprint density at radius 3 is 2.14 bits per heavy atom. The van der Waals surface area contributed by atoms with Crippen LogP contribution in [0.1, 0.15) is 111 Å². The van der Waals surface area contributed by atoms with E-state index in [9.17, 15) is 0 Å². The Balaban J connectivity index is 0. The summed E-state index contributed by atoms with van der Waals surface area (Å²) in [5.41, 5.74) is 10.6. The first kappa shape index (κ1) is 36.0. The van der Waals surface area contributed by atoms with Gasteiger partial charge in [-0.1, -0.05) is 120 Å². The normalized spacial score (nSPS) is 13.4. The lowest BCUT2D eigenvalue weighted by Crippen LogP contribution is -2.04. The minimum absolute atomic E-state index is 0.643. The molecule has 0 radical (unpaired) electrons. The lowest BCUT2D eigenvalue weighted by molar-refractivity contribution is 0.160. The summed E-state index contributed by atoms with van der Waals surface area (Å²) in [7, 11) is 1.77. The van der Waals surface area contributed by atoms with Gasteiger partial charge in [0.2, 0.25) is 0 Å². The summed E-state index contributed by atoms with van der Waals surface area (Å²) in [6.45, 7) is 30.3. The highest BCUT2D eigenvalue weighted by atomic mass is 16.5. The molecule has 1 aromatic rings. The van der Waals surface area contributed by atoms with Crippen LogP contribution in [-0.2, 0) is 4.74 Å². The summed E-state index contributed by atoms with van der Waals surface area (Å²) in [5.74, 6) is 0.643. The molecule has 2 rings (SSSR count). The summed E-state index contributed by atoms with van der Waals surface area (Å²) in [6, 6.07) is 6.66. The fourth-order valence-corrected chi connectivity index (χ4v) is 4.26. The molecule has 0 N–H and O–H groups in total. The topological polar surface area (TPSA) is 9.23 Å². The van der Waals surface area contributed by atoms with Crippen LogP contribution < -0.4 is 0 Å². The van der Waals surface area contributed by atoms with Gasteiger partial charge in [0.05, 0.1) is 0 Å². The molecule has 1 atom stereocenters. The number of ether oxygens (including phenoxy) is 1. The fourth-order valence-electron chi connectivity index (χ4n) is 4.26.